The Hall–Kier alpha value is -1.84. The van der Waals surface area contributed by atoms with Crippen LogP contribution in [0.1, 0.15) is 31.7 Å². The molecule has 1 aliphatic carbocycles. The SMILES string of the molecule is CCCN(c1cc(F)cc(/C=C/C(=O)O)c1)C1CC1. The molecule has 1 aromatic carbocycles. The Bertz CT molecular complexity index is 495. The number of carboxylic acids is 1. The summed E-state index contributed by atoms with van der Waals surface area (Å²) in [7, 11) is 0. The van der Waals surface area contributed by atoms with E-state index in [0.717, 1.165) is 37.6 Å². The van der Waals surface area contributed by atoms with Crippen molar-refractivity contribution in [1.82, 2.24) is 0 Å². The minimum absolute atomic E-state index is 0.329. The van der Waals surface area contributed by atoms with Crippen molar-refractivity contribution in [1.29, 1.82) is 0 Å². The smallest absolute Gasteiger partial charge is 0.328 e. The fourth-order valence-electron chi connectivity index (χ4n) is 2.18. The van der Waals surface area contributed by atoms with Gasteiger partial charge in [-0.3, -0.25) is 0 Å². The van der Waals surface area contributed by atoms with Gasteiger partial charge in [-0.1, -0.05) is 6.92 Å². The Morgan fingerprint density at radius 1 is 1.47 bits per heavy atom. The van der Waals surface area contributed by atoms with Crippen LogP contribution in [0.4, 0.5) is 10.1 Å². The lowest BCUT2D eigenvalue weighted by molar-refractivity contribution is -0.131. The third-order valence-corrected chi connectivity index (χ3v) is 3.11. The van der Waals surface area contributed by atoms with Crippen LogP contribution in [0, 0.1) is 5.82 Å². The third kappa shape index (κ3) is 3.81. The molecule has 0 unspecified atom stereocenters. The third-order valence-electron chi connectivity index (χ3n) is 3.11. The molecule has 102 valence electrons. The number of hydrogen-bond donors (Lipinski definition) is 1. The predicted molar refractivity (Wildman–Crippen MR) is 73.7 cm³/mol. The molecule has 0 aliphatic heterocycles. The Kier molecular flexibility index (Phi) is 4.20. The average Bonchev–Trinajstić information content (AvgIpc) is 3.17. The van der Waals surface area contributed by atoms with E-state index in [1.165, 1.54) is 18.2 Å². The number of carbonyl (C=O) groups is 1. The van der Waals surface area contributed by atoms with Crippen molar-refractivity contribution in [2.45, 2.75) is 32.2 Å². The molecule has 3 nitrogen and oxygen atoms in total. The summed E-state index contributed by atoms with van der Waals surface area (Å²) in [5, 5.41) is 8.61. The van der Waals surface area contributed by atoms with E-state index in [9.17, 15) is 9.18 Å². The van der Waals surface area contributed by atoms with Crippen molar-refractivity contribution in [3.63, 3.8) is 0 Å². The molecule has 0 amide bonds. The molecule has 0 aromatic heterocycles. The van der Waals surface area contributed by atoms with Crippen molar-refractivity contribution < 1.29 is 14.3 Å². The Morgan fingerprint density at radius 2 is 2.21 bits per heavy atom. The maximum Gasteiger partial charge on any atom is 0.328 e. The first-order valence-corrected chi connectivity index (χ1v) is 6.58. The van der Waals surface area contributed by atoms with Crippen molar-refractivity contribution in [3.05, 3.63) is 35.7 Å². The molecule has 0 bridgehead atoms. The summed E-state index contributed by atoms with van der Waals surface area (Å²) in [5.41, 5.74) is 1.42. The zero-order valence-corrected chi connectivity index (χ0v) is 11.0. The molecule has 0 heterocycles. The highest BCUT2D eigenvalue weighted by Crippen LogP contribution is 2.32. The first-order chi connectivity index (χ1) is 9.10. The lowest BCUT2D eigenvalue weighted by atomic mass is 10.1. The maximum atomic E-state index is 13.6. The Morgan fingerprint density at radius 3 is 2.79 bits per heavy atom. The topological polar surface area (TPSA) is 40.5 Å². The van der Waals surface area contributed by atoms with E-state index in [0.29, 0.717) is 11.6 Å². The first-order valence-electron chi connectivity index (χ1n) is 6.58. The number of aliphatic carboxylic acids is 1. The van der Waals surface area contributed by atoms with Crippen LogP contribution in [0.15, 0.2) is 24.3 Å². The summed E-state index contributed by atoms with van der Waals surface area (Å²) in [6.07, 6.45) is 5.76. The largest absolute Gasteiger partial charge is 0.478 e. The van der Waals surface area contributed by atoms with E-state index in [4.69, 9.17) is 5.11 Å². The van der Waals surface area contributed by atoms with Crippen molar-refractivity contribution in [2.75, 3.05) is 11.4 Å². The van der Waals surface area contributed by atoms with Gasteiger partial charge in [-0.15, -0.1) is 0 Å². The van der Waals surface area contributed by atoms with Gasteiger partial charge in [-0.05, 0) is 49.1 Å². The van der Waals surface area contributed by atoms with Crippen molar-refractivity contribution >= 4 is 17.7 Å². The van der Waals surface area contributed by atoms with Crippen molar-refractivity contribution in [3.8, 4) is 0 Å². The second-order valence-corrected chi connectivity index (χ2v) is 4.84. The fraction of sp³-hybridized carbons (Fsp3) is 0.400. The molecule has 1 saturated carbocycles. The average molecular weight is 263 g/mol. The molecule has 19 heavy (non-hydrogen) atoms. The summed E-state index contributed by atoms with van der Waals surface area (Å²) in [4.78, 5) is 12.7. The summed E-state index contributed by atoms with van der Waals surface area (Å²) in [6, 6.07) is 5.22. The van der Waals surface area contributed by atoms with E-state index in [1.54, 1.807) is 0 Å². The van der Waals surface area contributed by atoms with E-state index in [2.05, 4.69) is 11.8 Å². The highest BCUT2D eigenvalue weighted by atomic mass is 19.1. The molecule has 1 aliphatic rings. The molecule has 1 fully saturated rings. The van der Waals surface area contributed by atoms with Crippen LogP contribution < -0.4 is 4.90 Å². The summed E-state index contributed by atoms with van der Waals surface area (Å²) in [6.45, 7) is 3.00. The maximum absolute atomic E-state index is 13.6. The van der Waals surface area contributed by atoms with E-state index < -0.39 is 5.97 Å². The van der Waals surface area contributed by atoms with E-state index in [1.807, 2.05) is 6.07 Å². The monoisotopic (exact) mass is 263 g/mol. The summed E-state index contributed by atoms with van der Waals surface area (Å²) in [5.74, 6) is -1.36. The first kappa shape index (κ1) is 13.6. The quantitative estimate of drug-likeness (QED) is 0.800. The molecule has 0 radical (unpaired) electrons. The number of halogens is 1. The highest BCUT2D eigenvalue weighted by molar-refractivity contribution is 5.85. The van der Waals surface area contributed by atoms with Gasteiger partial charge in [-0.25, -0.2) is 9.18 Å². The van der Waals surface area contributed by atoms with Crippen LogP contribution in [-0.4, -0.2) is 23.7 Å². The van der Waals surface area contributed by atoms with Crippen LogP contribution in [0.5, 0.6) is 0 Å². The van der Waals surface area contributed by atoms with Crippen molar-refractivity contribution in [2.24, 2.45) is 0 Å². The fourth-order valence-corrected chi connectivity index (χ4v) is 2.18. The molecule has 0 saturated heterocycles. The summed E-state index contributed by atoms with van der Waals surface area (Å²) < 4.78 is 13.6. The minimum Gasteiger partial charge on any atom is -0.478 e. The number of anilines is 1. The Labute approximate surface area is 112 Å². The Balaban J connectivity index is 2.26. The second kappa shape index (κ2) is 5.87. The lowest BCUT2D eigenvalue weighted by Crippen LogP contribution is -2.26. The van der Waals surface area contributed by atoms with Gasteiger partial charge in [0.25, 0.3) is 0 Å². The van der Waals surface area contributed by atoms with Gasteiger partial charge in [0.1, 0.15) is 5.82 Å². The molecular formula is C15H18FNO2. The van der Waals surface area contributed by atoms with Crippen LogP contribution in [0.3, 0.4) is 0 Å². The molecule has 0 atom stereocenters. The van der Waals surface area contributed by atoms with Gasteiger partial charge in [0, 0.05) is 24.4 Å². The number of benzene rings is 1. The molecule has 2 rings (SSSR count). The molecule has 0 spiro atoms. The van der Waals surface area contributed by atoms with E-state index in [-0.39, 0.29) is 5.82 Å². The molecule has 4 heteroatoms. The molecule has 1 N–H and O–H groups in total. The van der Waals surface area contributed by atoms with Gasteiger partial charge in [0.2, 0.25) is 0 Å². The van der Waals surface area contributed by atoms with Gasteiger partial charge >= 0.3 is 5.97 Å². The standard InChI is InChI=1S/C15H18FNO2/c1-2-7-17(13-4-5-13)14-9-11(3-6-15(18)19)8-12(16)10-14/h3,6,8-10,13H,2,4-5,7H2,1H3,(H,18,19)/b6-3+. The number of nitrogens with zero attached hydrogens (tertiary/aromatic N) is 1. The number of carboxylic acid groups (broad SMARTS) is 1. The van der Waals surface area contributed by atoms with Gasteiger partial charge in [0.05, 0.1) is 0 Å². The van der Waals surface area contributed by atoms with Crippen LogP contribution in [0.25, 0.3) is 6.08 Å². The zero-order chi connectivity index (χ0) is 13.8. The van der Waals surface area contributed by atoms with Gasteiger partial charge in [-0.2, -0.15) is 0 Å². The number of hydrogen-bond acceptors (Lipinski definition) is 2. The summed E-state index contributed by atoms with van der Waals surface area (Å²) >= 11 is 0. The van der Waals surface area contributed by atoms with Crippen LogP contribution in [0.2, 0.25) is 0 Å². The normalized spacial score (nSPS) is 14.8. The van der Waals surface area contributed by atoms with E-state index >= 15 is 0 Å². The van der Waals surface area contributed by atoms with Gasteiger partial charge < -0.3 is 10.0 Å². The predicted octanol–water partition coefficient (Wildman–Crippen LogP) is 3.30. The number of rotatable bonds is 6. The minimum atomic E-state index is -1.03. The highest BCUT2D eigenvalue weighted by Gasteiger charge is 2.28. The lowest BCUT2D eigenvalue weighted by Gasteiger charge is -2.24. The van der Waals surface area contributed by atoms with Crippen LogP contribution >= 0.6 is 0 Å². The second-order valence-electron chi connectivity index (χ2n) is 4.84. The zero-order valence-electron chi connectivity index (χ0n) is 11.0. The van der Waals surface area contributed by atoms with Crippen LogP contribution in [-0.2, 0) is 4.79 Å². The molecule has 1 aromatic rings. The molecular weight excluding hydrogens is 245 g/mol. The van der Waals surface area contributed by atoms with Gasteiger partial charge in [0.15, 0.2) is 0 Å².